The van der Waals surface area contributed by atoms with Gasteiger partial charge >= 0.3 is 0 Å². The molecule has 0 heterocycles. The Balaban J connectivity index is 1.88. The lowest BCUT2D eigenvalue weighted by molar-refractivity contribution is -0.121. The summed E-state index contributed by atoms with van der Waals surface area (Å²) in [6, 6.07) is 12.6. The van der Waals surface area contributed by atoms with Gasteiger partial charge in [0.05, 0.1) is 6.42 Å². The van der Waals surface area contributed by atoms with Crippen LogP contribution in [0.15, 0.2) is 48.5 Å². The fourth-order valence-electron chi connectivity index (χ4n) is 1.83. The van der Waals surface area contributed by atoms with Crippen LogP contribution >= 0.6 is 0 Å². The molecule has 0 aliphatic heterocycles. The van der Waals surface area contributed by atoms with Crippen LogP contribution in [-0.4, -0.2) is 11.8 Å². The highest BCUT2D eigenvalue weighted by Gasteiger charge is 2.08. The summed E-state index contributed by atoms with van der Waals surface area (Å²) in [5.74, 6) is -1.23. The van der Waals surface area contributed by atoms with Gasteiger partial charge in [0.25, 0.3) is 5.91 Å². The van der Waals surface area contributed by atoms with Gasteiger partial charge in [0.15, 0.2) is 0 Å². The SMILES string of the molecule is Cc1ccccc1CC(=O)NNC(=O)c1ccc(F)cc1. The Morgan fingerprint density at radius 3 is 2.33 bits per heavy atom. The third-order valence-corrected chi connectivity index (χ3v) is 3.03. The first-order valence-electron chi connectivity index (χ1n) is 6.45. The standard InChI is InChI=1S/C16H15FN2O2/c1-11-4-2-3-5-13(11)10-15(20)18-19-16(21)12-6-8-14(17)9-7-12/h2-9H,10H2,1H3,(H,18,20)(H,19,21). The first-order valence-corrected chi connectivity index (χ1v) is 6.45. The summed E-state index contributed by atoms with van der Waals surface area (Å²) in [7, 11) is 0. The lowest BCUT2D eigenvalue weighted by Gasteiger charge is -2.08. The van der Waals surface area contributed by atoms with Crippen molar-refractivity contribution >= 4 is 11.8 Å². The van der Waals surface area contributed by atoms with E-state index in [2.05, 4.69) is 10.9 Å². The molecule has 0 bridgehead atoms. The molecular formula is C16H15FN2O2. The average Bonchev–Trinajstić information content (AvgIpc) is 2.48. The zero-order valence-corrected chi connectivity index (χ0v) is 11.5. The van der Waals surface area contributed by atoms with Gasteiger partial charge in [0.2, 0.25) is 5.91 Å². The molecule has 0 atom stereocenters. The van der Waals surface area contributed by atoms with Crippen LogP contribution in [0.1, 0.15) is 21.5 Å². The summed E-state index contributed by atoms with van der Waals surface area (Å²) >= 11 is 0. The highest BCUT2D eigenvalue weighted by molar-refractivity contribution is 5.95. The van der Waals surface area contributed by atoms with Crippen LogP contribution in [0.2, 0.25) is 0 Å². The van der Waals surface area contributed by atoms with Crippen molar-refractivity contribution in [2.24, 2.45) is 0 Å². The van der Waals surface area contributed by atoms with Crippen molar-refractivity contribution in [2.75, 3.05) is 0 Å². The number of nitrogens with one attached hydrogen (secondary N) is 2. The predicted octanol–water partition coefficient (Wildman–Crippen LogP) is 2.14. The minimum atomic E-state index is -0.492. The number of carbonyl (C=O) groups excluding carboxylic acids is 2. The molecule has 4 nitrogen and oxygen atoms in total. The number of aryl methyl sites for hydroxylation is 1. The van der Waals surface area contributed by atoms with Crippen molar-refractivity contribution in [3.63, 3.8) is 0 Å². The molecule has 0 saturated carbocycles. The van der Waals surface area contributed by atoms with E-state index in [4.69, 9.17) is 0 Å². The van der Waals surface area contributed by atoms with Crippen molar-refractivity contribution in [1.29, 1.82) is 0 Å². The van der Waals surface area contributed by atoms with Gasteiger partial charge in [0, 0.05) is 5.56 Å². The Hall–Kier alpha value is -2.69. The number of amides is 2. The molecule has 0 aliphatic carbocycles. The van der Waals surface area contributed by atoms with Gasteiger partial charge in [-0.15, -0.1) is 0 Å². The second-order valence-corrected chi connectivity index (χ2v) is 4.61. The van der Waals surface area contributed by atoms with E-state index < -0.39 is 11.7 Å². The number of halogens is 1. The summed E-state index contributed by atoms with van der Waals surface area (Å²) < 4.78 is 12.7. The first-order chi connectivity index (χ1) is 10.1. The Morgan fingerprint density at radius 1 is 1.00 bits per heavy atom. The Kier molecular flexibility index (Phi) is 4.66. The maximum absolute atomic E-state index is 12.7. The van der Waals surface area contributed by atoms with E-state index in [1.807, 2.05) is 31.2 Å². The quantitative estimate of drug-likeness (QED) is 0.849. The normalized spacial score (nSPS) is 10.0. The topological polar surface area (TPSA) is 58.2 Å². The minimum absolute atomic E-state index is 0.177. The van der Waals surface area contributed by atoms with Gasteiger partial charge in [-0.05, 0) is 42.3 Å². The molecule has 0 fully saturated rings. The van der Waals surface area contributed by atoms with E-state index >= 15 is 0 Å². The highest BCUT2D eigenvalue weighted by atomic mass is 19.1. The van der Waals surface area contributed by atoms with Crippen molar-refractivity contribution in [3.05, 3.63) is 71.0 Å². The van der Waals surface area contributed by atoms with Gasteiger partial charge in [-0.3, -0.25) is 20.4 Å². The number of hydrogen-bond donors (Lipinski definition) is 2. The van der Waals surface area contributed by atoms with Crippen LogP contribution in [0, 0.1) is 12.7 Å². The number of hydrazine groups is 1. The van der Waals surface area contributed by atoms with E-state index in [9.17, 15) is 14.0 Å². The number of hydrogen-bond acceptors (Lipinski definition) is 2. The molecule has 0 aromatic heterocycles. The van der Waals surface area contributed by atoms with Gasteiger partial charge < -0.3 is 0 Å². The van der Waals surface area contributed by atoms with Crippen LogP contribution < -0.4 is 10.9 Å². The molecule has 108 valence electrons. The predicted molar refractivity (Wildman–Crippen MR) is 76.9 cm³/mol. The monoisotopic (exact) mass is 286 g/mol. The molecule has 5 heteroatoms. The van der Waals surface area contributed by atoms with E-state index in [0.717, 1.165) is 11.1 Å². The molecule has 0 radical (unpaired) electrons. The maximum Gasteiger partial charge on any atom is 0.269 e. The van der Waals surface area contributed by atoms with Crippen molar-refractivity contribution < 1.29 is 14.0 Å². The van der Waals surface area contributed by atoms with Crippen molar-refractivity contribution in [2.45, 2.75) is 13.3 Å². The van der Waals surface area contributed by atoms with Crippen LogP contribution in [0.5, 0.6) is 0 Å². The summed E-state index contributed by atoms with van der Waals surface area (Å²) in [5.41, 5.74) is 6.81. The lowest BCUT2D eigenvalue weighted by Crippen LogP contribution is -2.42. The number of benzene rings is 2. The number of carbonyl (C=O) groups is 2. The average molecular weight is 286 g/mol. The van der Waals surface area contributed by atoms with Crippen molar-refractivity contribution in [1.82, 2.24) is 10.9 Å². The van der Waals surface area contributed by atoms with Gasteiger partial charge in [-0.1, -0.05) is 24.3 Å². The lowest BCUT2D eigenvalue weighted by atomic mass is 10.1. The van der Waals surface area contributed by atoms with Gasteiger partial charge in [0.1, 0.15) is 5.82 Å². The van der Waals surface area contributed by atoms with Gasteiger partial charge in [-0.2, -0.15) is 0 Å². The smallest absolute Gasteiger partial charge is 0.269 e. The summed E-state index contributed by atoms with van der Waals surface area (Å²) in [5, 5.41) is 0. The largest absolute Gasteiger partial charge is 0.273 e. The molecule has 2 N–H and O–H groups in total. The minimum Gasteiger partial charge on any atom is -0.273 e. The second-order valence-electron chi connectivity index (χ2n) is 4.61. The van der Waals surface area contributed by atoms with E-state index in [1.54, 1.807) is 0 Å². The molecule has 0 aliphatic rings. The molecule has 0 saturated heterocycles. The Labute approximate surface area is 122 Å². The fraction of sp³-hybridized carbons (Fsp3) is 0.125. The maximum atomic E-state index is 12.7. The highest BCUT2D eigenvalue weighted by Crippen LogP contribution is 2.07. The van der Waals surface area contributed by atoms with Crippen LogP contribution in [-0.2, 0) is 11.2 Å². The third kappa shape index (κ3) is 4.14. The Morgan fingerprint density at radius 2 is 1.67 bits per heavy atom. The summed E-state index contributed by atoms with van der Waals surface area (Å²) in [6.45, 7) is 1.92. The first kappa shape index (κ1) is 14.7. The summed E-state index contributed by atoms with van der Waals surface area (Å²) in [4.78, 5) is 23.5. The molecule has 2 rings (SSSR count). The molecule has 21 heavy (non-hydrogen) atoms. The van der Waals surface area contributed by atoms with E-state index in [0.29, 0.717) is 0 Å². The second kappa shape index (κ2) is 6.65. The molecular weight excluding hydrogens is 271 g/mol. The zero-order valence-electron chi connectivity index (χ0n) is 11.5. The summed E-state index contributed by atoms with van der Waals surface area (Å²) in [6.07, 6.45) is 0.177. The molecule has 0 spiro atoms. The third-order valence-electron chi connectivity index (χ3n) is 3.03. The fourth-order valence-corrected chi connectivity index (χ4v) is 1.83. The molecule has 2 aromatic carbocycles. The Bertz CT molecular complexity index is 654. The molecule has 2 amide bonds. The van der Waals surface area contributed by atoms with Crippen molar-refractivity contribution in [3.8, 4) is 0 Å². The van der Waals surface area contributed by atoms with Crippen LogP contribution in [0.25, 0.3) is 0 Å². The van der Waals surface area contributed by atoms with Gasteiger partial charge in [-0.25, -0.2) is 4.39 Å². The zero-order chi connectivity index (χ0) is 15.2. The molecule has 2 aromatic rings. The number of rotatable bonds is 3. The van der Waals surface area contributed by atoms with E-state index in [1.165, 1.54) is 24.3 Å². The van der Waals surface area contributed by atoms with Crippen LogP contribution in [0.4, 0.5) is 4.39 Å². The van der Waals surface area contributed by atoms with E-state index in [-0.39, 0.29) is 17.9 Å². The van der Waals surface area contributed by atoms with Crippen LogP contribution in [0.3, 0.4) is 0 Å². The molecule has 0 unspecified atom stereocenters.